The van der Waals surface area contributed by atoms with Crippen molar-refractivity contribution in [2.45, 2.75) is 39.2 Å². The van der Waals surface area contributed by atoms with Crippen LogP contribution in [-0.2, 0) is 4.74 Å². The van der Waals surface area contributed by atoms with E-state index in [0.29, 0.717) is 5.92 Å². The van der Waals surface area contributed by atoms with Crippen LogP contribution in [0.1, 0.15) is 33.6 Å². The molecule has 0 rings (SSSR count). The summed E-state index contributed by atoms with van der Waals surface area (Å²) in [5.41, 5.74) is -0.402. The minimum Gasteiger partial charge on any atom is -0.381 e. The first kappa shape index (κ1) is 13.4. The van der Waals surface area contributed by atoms with Gasteiger partial charge in [0, 0.05) is 13.2 Å². The zero-order valence-corrected chi connectivity index (χ0v) is 9.76. The summed E-state index contributed by atoms with van der Waals surface area (Å²) in [6.45, 7) is 7.73. The Morgan fingerprint density at radius 1 is 1.50 bits per heavy atom. The van der Waals surface area contributed by atoms with Gasteiger partial charge >= 0.3 is 0 Å². The van der Waals surface area contributed by atoms with Crippen LogP contribution < -0.4 is 5.32 Å². The van der Waals surface area contributed by atoms with Crippen LogP contribution in [0.2, 0.25) is 0 Å². The first-order valence-electron chi connectivity index (χ1n) is 5.22. The molecule has 0 saturated heterocycles. The smallest absolute Gasteiger partial charge is 0.103 e. The molecule has 3 nitrogen and oxygen atoms in total. The average molecular weight is 198 g/mol. The number of hydrogen-bond acceptors (Lipinski definition) is 3. The van der Waals surface area contributed by atoms with Crippen molar-refractivity contribution in [3.05, 3.63) is 0 Å². The van der Waals surface area contributed by atoms with Crippen molar-refractivity contribution >= 4 is 0 Å². The normalized spacial score (nSPS) is 15.1. The fourth-order valence-corrected chi connectivity index (χ4v) is 1.08. The highest BCUT2D eigenvalue weighted by Gasteiger charge is 2.19. The van der Waals surface area contributed by atoms with Gasteiger partial charge in [-0.2, -0.15) is 5.26 Å². The molecule has 0 fully saturated rings. The van der Waals surface area contributed by atoms with Gasteiger partial charge in [0.05, 0.1) is 6.07 Å². The van der Waals surface area contributed by atoms with Gasteiger partial charge in [-0.05, 0) is 32.7 Å². The molecule has 82 valence electrons. The second-order valence-corrected chi connectivity index (χ2v) is 4.27. The predicted octanol–water partition coefficient (Wildman–Crippen LogP) is 1.94. The second kappa shape index (κ2) is 6.80. The topological polar surface area (TPSA) is 45.0 Å². The van der Waals surface area contributed by atoms with Crippen molar-refractivity contribution in [1.29, 1.82) is 5.26 Å². The van der Waals surface area contributed by atoms with Crippen molar-refractivity contribution in [1.82, 2.24) is 5.32 Å². The van der Waals surface area contributed by atoms with E-state index in [2.05, 4.69) is 25.2 Å². The third-order valence-corrected chi connectivity index (χ3v) is 2.22. The average Bonchev–Trinajstić information content (AvgIpc) is 2.16. The summed E-state index contributed by atoms with van der Waals surface area (Å²) in [6, 6.07) is 2.26. The van der Waals surface area contributed by atoms with Gasteiger partial charge in [0.1, 0.15) is 5.54 Å². The molecule has 0 bridgehead atoms. The van der Waals surface area contributed by atoms with Gasteiger partial charge in [-0.3, -0.25) is 0 Å². The van der Waals surface area contributed by atoms with Crippen molar-refractivity contribution in [3.63, 3.8) is 0 Å². The van der Waals surface area contributed by atoms with Gasteiger partial charge in [-0.25, -0.2) is 0 Å². The molecule has 0 aliphatic rings. The molecule has 0 saturated carbocycles. The minimum atomic E-state index is -0.402. The molecule has 0 amide bonds. The maximum atomic E-state index is 8.88. The van der Waals surface area contributed by atoms with Crippen LogP contribution in [0.3, 0.4) is 0 Å². The molecular weight excluding hydrogens is 176 g/mol. The van der Waals surface area contributed by atoms with Gasteiger partial charge in [-0.15, -0.1) is 0 Å². The van der Waals surface area contributed by atoms with Gasteiger partial charge < -0.3 is 10.1 Å². The molecule has 0 heterocycles. The molecule has 1 N–H and O–H groups in total. The highest BCUT2D eigenvalue weighted by Crippen LogP contribution is 2.10. The van der Waals surface area contributed by atoms with E-state index < -0.39 is 5.54 Å². The Labute approximate surface area is 87.4 Å². The molecule has 0 aromatic rings. The maximum Gasteiger partial charge on any atom is 0.103 e. The largest absolute Gasteiger partial charge is 0.381 e. The van der Waals surface area contributed by atoms with E-state index in [1.165, 1.54) is 0 Å². The van der Waals surface area contributed by atoms with Crippen molar-refractivity contribution in [3.8, 4) is 6.07 Å². The van der Waals surface area contributed by atoms with Gasteiger partial charge in [0.2, 0.25) is 0 Å². The summed E-state index contributed by atoms with van der Waals surface area (Å²) < 4.78 is 5.44. The fourth-order valence-electron chi connectivity index (χ4n) is 1.08. The molecule has 0 spiro atoms. The molecule has 1 unspecified atom stereocenters. The number of rotatable bonds is 7. The van der Waals surface area contributed by atoms with E-state index in [1.807, 2.05) is 14.0 Å². The first-order valence-corrected chi connectivity index (χ1v) is 5.22. The Bertz CT molecular complexity index is 186. The number of ether oxygens (including phenoxy) is 1. The number of hydrogen-bond donors (Lipinski definition) is 1. The zero-order valence-electron chi connectivity index (χ0n) is 9.76. The summed E-state index contributed by atoms with van der Waals surface area (Å²) in [5, 5.41) is 11.9. The van der Waals surface area contributed by atoms with Crippen LogP contribution in [0.4, 0.5) is 0 Å². The third-order valence-electron chi connectivity index (χ3n) is 2.22. The van der Waals surface area contributed by atoms with E-state index in [4.69, 9.17) is 10.00 Å². The number of nitriles is 1. The summed E-state index contributed by atoms with van der Waals surface area (Å²) in [7, 11) is 1.82. The molecule has 1 atom stereocenters. The predicted molar refractivity (Wildman–Crippen MR) is 58.0 cm³/mol. The Kier molecular flexibility index (Phi) is 6.52. The molecule has 0 aliphatic heterocycles. The molecule has 0 aliphatic carbocycles. The molecule has 14 heavy (non-hydrogen) atoms. The fraction of sp³-hybridized carbons (Fsp3) is 0.909. The van der Waals surface area contributed by atoms with E-state index in [9.17, 15) is 0 Å². The molecule has 0 aromatic heterocycles. The lowest BCUT2D eigenvalue weighted by Gasteiger charge is -2.20. The lowest BCUT2D eigenvalue weighted by atomic mass is 9.98. The van der Waals surface area contributed by atoms with Crippen LogP contribution >= 0.6 is 0 Å². The van der Waals surface area contributed by atoms with Crippen molar-refractivity contribution in [2.24, 2.45) is 5.92 Å². The summed E-state index contributed by atoms with van der Waals surface area (Å²) >= 11 is 0. The highest BCUT2D eigenvalue weighted by molar-refractivity contribution is 5.02. The lowest BCUT2D eigenvalue weighted by molar-refractivity contribution is 0.103. The van der Waals surface area contributed by atoms with Gasteiger partial charge in [-0.1, -0.05) is 13.8 Å². The van der Waals surface area contributed by atoms with Crippen molar-refractivity contribution < 1.29 is 4.74 Å². The summed E-state index contributed by atoms with van der Waals surface area (Å²) in [5.74, 6) is 0.585. The third kappa shape index (κ3) is 5.95. The minimum absolute atomic E-state index is 0.402. The van der Waals surface area contributed by atoms with E-state index in [-0.39, 0.29) is 0 Å². The standard InChI is InChI=1S/C11H22N2O/c1-10(2)8-14-7-5-6-11(3,9-12)13-4/h10,13H,5-8H2,1-4H3. The summed E-state index contributed by atoms with van der Waals surface area (Å²) in [6.07, 6.45) is 1.76. The van der Waals surface area contributed by atoms with Gasteiger partial charge in [0.15, 0.2) is 0 Å². The Balaban J connectivity index is 3.49. The Morgan fingerprint density at radius 3 is 2.57 bits per heavy atom. The van der Waals surface area contributed by atoms with Crippen LogP contribution in [-0.4, -0.2) is 25.8 Å². The number of nitrogens with zero attached hydrogens (tertiary/aromatic N) is 1. The SMILES string of the molecule is CNC(C)(C#N)CCCOCC(C)C. The quantitative estimate of drug-likeness (QED) is 0.636. The lowest BCUT2D eigenvalue weighted by Crippen LogP contribution is -2.38. The van der Waals surface area contributed by atoms with Crippen LogP contribution in [0.5, 0.6) is 0 Å². The van der Waals surface area contributed by atoms with E-state index in [1.54, 1.807) is 0 Å². The second-order valence-electron chi connectivity index (χ2n) is 4.27. The highest BCUT2D eigenvalue weighted by atomic mass is 16.5. The molecule has 0 radical (unpaired) electrons. The zero-order chi connectivity index (χ0) is 11.0. The maximum absolute atomic E-state index is 8.88. The van der Waals surface area contributed by atoms with Crippen LogP contribution in [0.15, 0.2) is 0 Å². The van der Waals surface area contributed by atoms with Crippen LogP contribution in [0.25, 0.3) is 0 Å². The molecular formula is C11H22N2O. The Hall–Kier alpha value is -0.590. The summed E-state index contributed by atoms with van der Waals surface area (Å²) in [4.78, 5) is 0. The van der Waals surface area contributed by atoms with Gasteiger partial charge in [0.25, 0.3) is 0 Å². The first-order chi connectivity index (χ1) is 6.54. The number of nitrogens with one attached hydrogen (secondary N) is 1. The van der Waals surface area contributed by atoms with E-state index >= 15 is 0 Å². The molecule has 3 heteroatoms. The van der Waals surface area contributed by atoms with E-state index in [0.717, 1.165) is 26.1 Å². The van der Waals surface area contributed by atoms with Crippen LogP contribution in [0, 0.1) is 17.2 Å². The molecule has 0 aromatic carbocycles. The Morgan fingerprint density at radius 2 is 2.14 bits per heavy atom. The monoisotopic (exact) mass is 198 g/mol. The van der Waals surface area contributed by atoms with Crippen molar-refractivity contribution in [2.75, 3.05) is 20.3 Å².